The monoisotopic (exact) mass is 380 g/mol. The molecule has 144 valence electrons. The first-order chi connectivity index (χ1) is 12.8. The van der Waals surface area contributed by atoms with E-state index in [1.54, 1.807) is 19.1 Å². The van der Waals surface area contributed by atoms with Crippen molar-refractivity contribution < 1.29 is 22.6 Å². The largest absolute Gasteiger partial charge is 0.573 e. The van der Waals surface area contributed by atoms with Gasteiger partial charge in [-0.05, 0) is 31.0 Å². The van der Waals surface area contributed by atoms with Crippen LogP contribution >= 0.6 is 0 Å². The summed E-state index contributed by atoms with van der Waals surface area (Å²) in [5.41, 5.74) is 2.36. The minimum Gasteiger partial charge on any atom is -0.476 e. The van der Waals surface area contributed by atoms with Gasteiger partial charge in [0.25, 0.3) is 0 Å². The summed E-state index contributed by atoms with van der Waals surface area (Å²) in [6.07, 6.45) is -2.50. The second-order valence-electron chi connectivity index (χ2n) is 6.04. The lowest BCUT2D eigenvalue weighted by Gasteiger charge is -2.11. The number of aryl methyl sites for hydroxylation is 1. The Morgan fingerprint density at radius 1 is 1.07 bits per heavy atom. The third-order valence-corrected chi connectivity index (χ3v) is 3.75. The molecule has 9 heteroatoms. The zero-order valence-corrected chi connectivity index (χ0v) is 14.9. The molecule has 6 nitrogen and oxygen atoms in total. The van der Waals surface area contributed by atoms with Gasteiger partial charge in [-0.2, -0.15) is 4.98 Å². The van der Waals surface area contributed by atoms with Gasteiger partial charge in [-0.3, -0.25) is 0 Å². The average molecular weight is 380 g/mol. The number of hydrogen-bond donors (Lipinski definition) is 1. The highest BCUT2D eigenvalue weighted by Gasteiger charge is 2.31. The van der Waals surface area contributed by atoms with Crippen LogP contribution in [0.3, 0.4) is 0 Å². The van der Waals surface area contributed by atoms with Crippen molar-refractivity contribution in [3.63, 3.8) is 0 Å². The molecule has 0 aliphatic carbocycles. The number of H-pyrrole nitrogens is 1. The van der Waals surface area contributed by atoms with E-state index in [0.29, 0.717) is 41.7 Å². The minimum absolute atomic E-state index is 0.267. The van der Waals surface area contributed by atoms with Crippen LogP contribution in [0.5, 0.6) is 11.6 Å². The van der Waals surface area contributed by atoms with Gasteiger partial charge in [-0.15, -0.1) is 13.2 Å². The summed E-state index contributed by atoms with van der Waals surface area (Å²) in [5.74, 6) is 0.810. The Labute approximate surface area is 153 Å². The summed E-state index contributed by atoms with van der Waals surface area (Å²) in [5, 5.41) is 0. The van der Waals surface area contributed by atoms with E-state index in [1.165, 1.54) is 12.1 Å². The Balaban J connectivity index is 1.84. The number of ether oxygens (including phenoxy) is 2. The van der Waals surface area contributed by atoms with Crippen LogP contribution in [0.1, 0.15) is 36.8 Å². The fourth-order valence-corrected chi connectivity index (χ4v) is 2.51. The third kappa shape index (κ3) is 5.08. The molecule has 1 N–H and O–H groups in total. The van der Waals surface area contributed by atoms with E-state index in [4.69, 9.17) is 4.74 Å². The predicted molar refractivity (Wildman–Crippen MR) is 92.8 cm³/mol. The summed E-state index contributed by atoms with van der Waals surface area (Å²) in [4.78, 5) is 16.3. The molecule has 0 saturated heterocycles. The molecule has 0 radical (unpaired) electrons. The van der Waals surface area contributed by atoms with Gasteiger partial charge in [0.2, 0.25) is 11.5 Å². The van der Waals surface area contributed by atoms with Crippen molar-refractivity contribution in [2.24, 2.45) is 0 Å². The maximum atomic E-state index is 12.3. The van der Waals surface area contributed by atoms with Crippen molar-refractivity contribution in [1.82, 2.24) is 19.9 Å². The van der Waals surface area contributed by atoms with Gasteiger partial charge in [-0.25, -0.2) is 9.97 Å². The number of nitrogens with zero attached hydrogens (tertiary/aromatic N) is 3. The van der Waals surface area contributed by atoms with Crippen molar-refractivity contribution in [2.45, 2.75) is 39.5 Å². The van der Waals surface area contributed by atoms with Crippen molar-refractivity contribution in [2.75, 3.05) is 6.61 Å². The number of rotatable bonds is 7. The molecule has 0 bridgehead atoms. The number of aromatic nitrogens is 4. The third-order valence-electron chi connectivity index (χ3n) is 3.75. The molecule has 27 heavy (non-hydrogen) atoms. The van der Waals surface area contributed by atoms with Gasteiger partial charge in [-0.1, -0.05) is 25.5 Å². The molecule has 0 aliphatic heterocycles. The number of aromatic amines is 1. The SMILES string of the molecule is CCCCOc1nc2nc(C)[nH]c2nc1Cc1ccc(OC(F)(F)F)cc1. The summed E-state index contributed by atoms with van der Waals surface area (Å²) >= 11 is 0. The Kier molecular flexibility index (Phi) is 5.48. The Hall–Kier alpha value is -2.84. The van der Waals surface area contributed by atoms with Crippen molar-refractivity contribution in [1.29, 1.82) is 0 Å². The number of alkyl halides is 3. The number of nitrogens with one attached hydrogen (secondary N) is 1. The van der Waals surface area contributed by atoms with Crippen LogP contribution < -0.4 is 9.47 Å². The second-order valence-corrected chi connectivity index (χ2v) is 6.04. The number of benzene rings is 1. The number of imidazole rings is 1. The molecule has 0 aliphatic rings. The quantitative estimate of drug-likeness (QED) is 0.618. The van der Waals surface area contributed by atoms with E-state index < -0.39 is 6.36 Å². The van der Waals surface area contributed by atoms with Gasteiger partial charge in [0.15, 0.2) is 5.65 Å². The smallest absolute Gasteiger partial charge is 0.476 e. The molecule has 0 amide bonds. The van der Waals surface area contributed by atoms with Crippen LogP contribution in [0.15, 0.2) is 24.3 Å². The maximum absolute atomic E-state index is 12.3. The van der Waals surface area contributed by atoms with Crippen molar-refractivity contribution in [3.8, 4) is 11.6 Å². The predicted octanol–water partition coefficient (Wildman–Crippen LogP) is 4.33. The van der Waals surface area contributed by atoms with Gasteiger partial charge >= 0.3 is 6.36 Å². The minimum atomic E-state index is -4.71. The number of unbranched alkanes of at least 4 members (excludes halogenated alkanes) is 1. The molecular weight excluding hydrogens is 361 g/mol. The molecule has 0 unspecified atom stereocenters. The van der Waals surface area contributed by atoms with Crippen LogP contribution in [-0.2, 0) is 6.42 Å². The van der Waals surface area contributed by atoms with Gasteiger partial charge < -0.3 is 14.5 Å². The summed E-state index contributed by atoms with van der Waals surface area (Å²) in [7, 11) is 0. The Bertz CT molecular complexity index is 907. The Morgan fingerprint density at radius 3 is 2.48 bits per heavy atom. The summed E-state index contributed by atoms with van der Waals surface area (Å²) in [6.45, 7) is 4.37. The fourth-order valence-electron chi connectivity index (χ4n) is 2.51. The van der Waals surface area contributed by atoms with Gasteiger partial charge in [0.1, 0.15) is 17.3 Å². The van der Waals surface area contributed by atoms with E-state index in [-0.39, 0.29) is 5.75 Å². The van der Waals surface area contributed by atoms with E-state index in [2.05, 4.69) is 31.6 Å². The summed E-state index contributed by atoms with van der Waals surface area (Å²) in [6, 6.07) is 5.65. The molecule has 0 spiro atoms. The standard InChI is InChI=1S/C18H19F3N4O2/c1-3-4-9-26-17-14(24-15-16(25-17)23-11(2)22-15)10-12-5-7-13(8-6-12)27-18(19,20)21/h5-8H,3-4,9-10H2,1-2H3,(H,22,23,24,25). The van der Waals surface area contributed by atoms with Crippen molar-refractivity contribution >= 4 is 11.3 Å². The first-order valence-corrected chi connectivity index (χ1v) is 8.55. The number of fused-ring (bicyclic) bond motifs is 1. The normalized spacial score (nSPS) is 11.7. The van der Waals surface area contributed by atoms with E-state index >= 15 is 0 Å². The maximum Gasteiger partial charge on any atom is 0.573 e. The molecule has 0 saturated carbocycles. The molecule has 0 fully saturated rings. The highest BCUT2D eigenvalue weighted by molar-refractivity contribution is 5.66. The van der Waals surface area contributed by atoms with Crippen LogP contribution in [0.2, 0.25) is 0 Å². The Morgan fingerprint density at radius 2 is 1.81 bits per heavy atom. The van der Waals surface area contributed by atoms with Crippen LogP contribution in [0, 0.1) is 6.92 Å². The van der Waals surface area contributed by atoms with E-state index in [0.717, 1.165) is 18.4 Å². The lowest BCUT2D eigenvalue weighted by atomic mass is 10.1. The highest BCUT2D eigenvalue weighted by Crippen LogP contribution is 2.25. The van der Waals surface area contributed by atoms with Gasteiger partial charge in [0, 0.05) is 6.42 Å². The molecule has 0 atom stereocenters. The van der Waals surface area contributed by atoms with Crippen molar-refractivity contribution in [3.05, 3.63) is 41.3 Å². The molecule has 3 aromatic rings. The topological polar surface area (TPSA) is 72.9 Å². The highest BCUT2D eigenvalue weighted by atomic mass is 19.4. The zero-order chi connectivity index (χ0) is 19.4. The first kappa shape index (κ1) is 18.9. The number of hydrogen-bond acceptors (Lipinski definition) is 5. The molecular formula is C18H19F3N4O2. The zero-order valence-electron chi connectivity index (χ0n) is 14.9. The lowest BCUT2D eigenvalue weighted by molar-refractivity contribution is -0.274. The molecule has 2 heterocycles. The van der Waals surface area contributed by atoms with Crippen LogP contribution in [0.25, 0.3) is 11.3 Å². The molecule has 2 aromatic heterocycles. The number of halogens is 3. The molecule has 3 rings (SSSR count). The van der Waals surface area contributed by atoms with Gasteiger partial charge in [0.05, 0.1) is 6.61 Å². The van der Waals surface area contributed by atoms with Crippen LogP contribution in [-0.4, -0.2) is 32.9 Å². The van der Waals surface area contributed by atoms with E-state index in [9.17, 15) is 13.2 Å². The average Bonchev–Trinajstić information content (AvgIpc) is 2.94. The fraction of sp³-hybridized carbons (Fsp3) is 0.389. The van der Waals surface area contributed by atoms with Crippen LogP contribution in [0.4, 0.5) is 13.2 Å². The lowest BCUT2D eigenvalue weighted by Crippen LogP contribution is -2.17. The summed E-state index contributed by atoms with van der Waals surface area (Å²) < 4.78 is 46.5. The first-order valence-electron chi connectivity index (χ1n) is 8.55. The molecule has 1 aromatic carbocycles. The van der Waals surface area contributed by atoms with E-state index in [1.807, 2.05) is 0 Å². The second kappa shape index (κ2) is 7.81.